The summed E-state index contributed by atoms with van der Waals surface area (Å²) in [5, 5.41) is 20.5. The number of carboxylic acid groups (broad SMARTS) is 1. The molecule has 3 aromatic rings. The van der Waals surface area contributed by atoms with E-state index in [9.17, 15) is 4.79 Å². The molecule has 0 amide bonds. The van der Waals surface area contributed by atoms with E-state index in [1.165, 1.54) is 6.07 Å². The number of para-hydroxylation sites is 1. The van der Waals surface area contributed by atoms with Crippen molar-refractivity contribution in [3.8, 4) is 0 Å². The average Bonchev–Trinajstić information content (AvgIpc) is 2.48. The van der Waals surface area contributed by atoms with Crippen molar-refractivity contribution in [1.82, 2.24) is 15.4 Å². The van der Waals surface area contributed by atoms with Crippen LogP contribution in [-0.2, 0) is 0 Å². The highest BCUT2D eigenvalue weighted by Crippen LogP contribution is 2.09. The summed E-state index contributed by atoms with van der Waals surface area (Å²) in [6.45, 7) is 0. The van der Waals surface area contributed by atoms with Crippen LogP contribution in [0.2, 0.25) is 0 Å². The third kappa shape index (κ3) is 3.26. The SMILES string of the molecule is Nc1ccccc1C(=O)O.c1ccc2nnncc2c1. The van der Waals surface area contributed by atoms with E-state index in [2.05, 4.69) is 15.4 Å². The highest BCUT2D eigenvalue weighted by Gasteiger charge is 2.03. The molecular weight excluding hydrogens is 256 g/mol. The van der Waals surface area contributed by atoms with E-state index in [1.54, 1.807) is 24.4 Å². The molecule has 0 aliphatic rings. The van der Waals surface area contributed by atoms with Gasteiger partial charge in [0.1, 0.15) is 0 Å². The summed E-state index contributed by atoms with van der Waals surface area (Å²) >= 11 is 0. The number of aromatic carboxylic acids is 1. The Bertz CT molecular complexity index is 665. The molecule has 6 heteroatoms. The molecule has 0 aliphatic carbocycles. The lowest BCUT2D eigenvalue weighted by molar-refractivity contribution is 0.0698. The Labute approximate surface area is 114 Å². The second-order valence-electron chi connectivity index (χ2n) is 3.89. The molecule has 0 fully saturated rings. The van der Waals surface area contributed by atoms with Crippen molar-refractivity contribution in [3.05, 3.63) is 60.3 Å². The van der Waals surface area contributed by atoms with E-state index < -0.39 is 5.97 Å². The van der Waals surface area contributed by atoms with Gasteiger partial charge in [0, 0.05) is 11.1 Å². The van der Waals surface area contributed by atoms with Crippen molar-refractivity contribution >= 4 is 22.6 Å². The Morgan fingerprint density at radius 3 is 2.40 bits per heavy atom. The van der Waals surface area contributed by atoms with Gasteiger partial charge >= 0.3 is 5.97 Å². The summed E-state index contributed by atoms with van der Waals surface area (Å²) in [6.07, 6.45) is 1.70. The topological polar surface area (TPSA) is 102 Å². The van der Waals surface area contributed by atoms with E-state index in [1.807, 2.05) is 24.3 Å². The van der Waals surface area contributed by atoms with Crippen molar-refractivity contribution in [2.24, 2.45) is 0 Å². The second-order valence-corrected chi connectivity index (χ2v) is 3.89. The van der Waals surface area contributed by atoms with E-state index in [4.69, 9.17) is 10.8 Å². The highest BCUT2D eigenvalue weighted by molar-refractivity contribution is 5.93. The molecule has 100 valence electrons. The summed E-state index contributed by atoms with van der Waals surface area (Å²) in [7, 11) is 0. The predicted octanol–water partition coefficient (Wildman–Crippen LogP) is 1.99. The molecule has 0 saturated heterocycles. The molecule has 1 heterocycles. The highest BCUT2D eigenvalue weighted by atomic mass is 16.4. The number of nitrogens with zero attached hydrogens (tertiary/aromatic N) is 3. The molecule has 0 bridgehead atoms. The Morgan fingerprint density at radius 1 is 1.05 bits per heavy atom. The van der Waals surface area contributed by atoms with Crippen LogP contribution in [0.5, 0.6) is 0 Å². The van der Waals surface area contributed by atoms with Gasteiger partial charge in [-0.2, -0.15) is 0 Å². The van der Waals surface area contributed by atoms with Crippen molar-refractivity contribution in [2.75, 3.05) is 5.73 Å². The number of carbonyl (C=O) groups is 1. The third-order valence-electron chi connectivity index (χ3n) is 2.53. The van der Waals surface area contributed by atoms with Crippen molar-refractivity contribution in [3.63, 3.8) is 0 Å². The zero-order valence-electron chi connectivity index (χ0n) is 10.5. The maximum Gasteiger partial charge on any atom is 0.337 e. The van der Waals surface area contributed by atoms with Crippen LogP contribution in [-0.4, -0.2) is 26.5 Å². The van der Waals surface area contributed by atoms with Crippen LogP contribution >= 0.6 is 0 Å². The van der Waals surface area contributed by atoms with Crippen molar-refractivity contribution in [1.29, 1.82) is 0 Å². The summed E-state index contributed by atoms with van der Waals surface area (Å²) in [5.41, 5.74) is 6.68. The summed E-state index contributed by atoms with van der Waals surface area (Å²) < 4.78 is 0. The van der Waals surface area contributed by atoms with Crippen LogP contribution < -0.4 is 5.73 Å². The average molecular weight is 268 g/mol. The molecule has 20 heavy (non-hydrogen) atoms. The lowest BCUT2D eigenvalue weighted by Crippen LogP contribution is -2.00. The molecule has 0 unspecified atom stereocenters. The fourth-order valence-corrected chi connectivity index (χ4v) is 1.54. The van der Waals surface area contributed by atoms with Gasteiger partial charge in [0.15, 0.2) is 0 Å². The van der Waals surface area contributed by atoms with Gasteiger partial charge in [-0.25, -0.2) is 4.79 Å². The number of hydrogen-bond acceptors (Lipinski definition) is 5. The van der Waals surface area contributed by atoms with Crippen molar-refractivity contribution in [2.45, 2.75) is 0 Å². The van der Waals surface area contributed by atoms with Gasteiger partial charge in [0.2, 0.25) is 0 Å². The second kappa shape index (κ2) is 6.24. The van der Waals surface area contributed by atoms with Crippen LogP contribution in [0, 0.1) is 0 Å². The van der Waals surface area contributed by atoms with Crippen LogP contribution in [0.4, 0.5) is 5.69 Å². The van der Waals surface area contributed by atoms with Gasteiger partial charge in [0.25, 0.3) is 0 Å². The molecule has 0 saturated carbocycles. The predicted molar refractivity (Wildman–Crippen MR) is 75.1 cm³/mol. The quantitative estimate of drug-likeness (QED) is 0.654. The number of anilines is 1. The first-order valence-corrected chi connectivity index (χ1v) is 5.79. The zero-order valence-corrected chi connectivity index (χ0v) is 10.5. The largest absolute Gasteiger partial charge is 0.478 e. The number of carboxylic acids is 1. The van der Waals surface area contributed by atoms with Gasteiger partial charge < -0.3 is 10.8 Å². The Kier molecular flexibility index (Phi) is 4.18. The number of fused-ring (bicyclic) bond motifs is 1. The van der Waals surface area contributed by atoms with Gasteiger partial charge in [0.05, 0.1) is 17.3 Å². The molecule has 0 spiro atoms. The number of nitrogens with two attached hydrogens (primary N) is 1. The smallest absolute Gasteiger partial charge is 0.337 e. The van der Waals surface area contributed by atoms with Gasteiger partial charge in [-0.3, -0.25) is 0 Å². The number of rotatable bonds is 1. The first-order chi connectivity index (χ1) is 9.68. The van der Waals surface area contributed by atoms with Crippen LogP contribution in [0.15, 0.2) is 54.7 Å². The molecule has 1 aromatic heterocycles. The molecule has 0 radical (unpaired) electrons. The Morgan fingerprint density at radius 2 is 1.75 bits per heavy atom. The van der Waals surface area contributed by atoms with Crippen molar-refractivity contribution < 1.29 is 9.90 Å². The molecule has 6 nitrogen and oxygen atoms in total. The van der Waals surface area contributed by atoms with E-state index in [-0.39, 0.29) is 5.56 Å². The summed E-state index contributed by atoms with van der Waals surface area (Å²) in [5.74, 6) is -0.988. The standard InChI is InChI=1S/C7H5N3.C7H7NO2/c1-2-4-7-6(3-1)5-8-10-9-7;8-6-4-2-1-3-5(6)7(9)10/h1-5H;1-4H,8H2,(H,9,10). The fourth-order valence-electron chi connectivity index (χ4n) is 1.54. The molecule has 2 aromatic carbocycles. The lowest BCUT2D eigenvalue weighted by atomic mass is 10.2. The zero-order chi connectivity index (χ0) is 14.4. The number of benzene rings is 2. The number of hydrogen-bond donors (Lipinski definition) is 2. The lowest BCUT2D eigenvalue weighted by Gasteiger charge is -1.96. The van der Waals surface area contributed by atoms with Gasteiger partial charge in [-0.15, -0.1) is 10.2 Å². The Balaban J connectivity index is 0.000000147. The minimum absolute atomic E-state index is 0.155. The summed E-state index contributed by atoms with van der Waals surface area (Å²) in [4.78, 5) is 10.3. The molecule has 3 rings (SSSR count). The number of aromatic nitrogens is 3. The monoisotopic (exact) mass is 268 g/mol. The molecule has 0 atom stereocenters. The minimum Gasteiger partial charge on any atom is -0.478 e. The Hall–Kier alpha value is -3.02. The van der Waals surface area contributed by atoms with Crippen LogP contribution in [0.3, 0.4) is 0 Å². The van der Waals surface area contributed by atoms with Crippen LogP contribution in [0.1, 0.15) is 10.4 Å². The normalized spacial score (nSPS) is 9.60. The van der Waals surface area contributed by atoms with E-state index in [0.717, 1.165) is 10.9 Å². The van der Waals surface area contributed by atoms with E-state index in [0.29, 0.717) is 5.69 Å². The molecular formula is C14H12N4O2. The van der Waals surface area contributed by atoms with E-state index >= 15 is 0 Å². The van der Waals surface area contributed by atoms with Crippen LogP contribution in [0.25, 0.3) is 10.9 Å². The van der Waals surface area contributed by atoms with Gasteiger partial charge in [-0.1, -0.05) is 30.3 Å². The first-order valence-electron chi connectivity index (χ1n) is 5.79. The third-order valence-corrected chi connectivity index (χ3v) is 2.53. The first kappa shape index (κ1) is 13.4. The molecule has 3 N–H and O–H groups in total. The van der Waals surface area contributed by atoms with Gasteiger partial charge in [-0.05, 0) is 23.4 Å². The maximum atomic E-state index is 10.3. The maximum absolute atomic E-state index is 10.3. The minimum atomic E-state index is -0.988. The molecule has 0 aliphatic heterocycles. The number of nitrogen functional groups attached to an aromatic ring is 1. The fraction of sp³-hybridized carbons (Fsp3) is 0. The summed E-state index contributed by atoms with van der Waals surface area (Å²) in [6, 6.07) is 14.1.